The zero-order chi connectivity index (χ0) is 22.7. The Morgan fingerprint density at radius 2 is 1.94 bits per heavy atom. The third-order valence-corrected chi connectivity index (χ3v) is 5.37. The van der Waals surface area contributed by atoms with Crippen LogP contribution in [0.25, 0.3) is 11.3 Å². The van der Waals surface area contributed by atoms with Gasteiger partial charge in [-0.3, -0.25) is 4.98 Å². The van der Waals surface area contributed by atoms with Crippen molar-refractivity contribution in [3.63, 3.8) is 0 Å². The van der Waals surface area contributed by atoms with E-state index in [1.54, 1.807) is 19.1 Å². The smallest absolute Gasteiger partial charge is 0.363 e. The number of nitrogens with zero attached hydrogens (tertiary/aromatic N) is 3. The Kier molecular flexibility index (Phi) is 6.20. The minimum Gasteiger partial charge on any atom is -0.481 e. The molecule has 0 unspecified atom stereocenters. The molecule has 3 aromatic rings. The summed E-state index contributed by atoms with van der Waals surface area (Å²) in [6.45, 7) is 1.59. The molecule has 0 saturated heterocycles. The van der Waals surface area contributed by atoms with Crippen LogP contribution >= 0.6 is 0 Å². The van der Waals surface area contributed by atoms with Gasteiger partial charge in [-0.2, -0.15) is 0 Å². The Hall–Kier alpha value is -3.68. The fourth-order valence-electron chi connectivity index (χ4n) is 3.63. The van der Waals surface area contributed by atoms with E-state index in [4.69, 9.17) is 9.47 Å². The molecule has 164 valence electrons. The molecular weight excluding hydrogens is 413 g/mol. The molecule has 1 fully saturated rings. The normalized spacial score (nSPS) is 14.0. The molecule has 2 aromatic heterocycles. The first-order chi connectivity index (χ1) is 15.4. The van der Waals surface area contributed by atoms with Crippen molar-refractivity contribution < 1.29 is 23.5 Å². The lowest BCUT2D eigenvalue weighted by Crippen LogP contribution is -2.12. The lowest BCUT2D eigenvalue weighted by Gasteiger charge is -2.16. The Balaban J connectivity index is 1.49. The number of hydrogen-bond donors (Lipinski definition) is 0. The number of carbonyl (C=O) groups excluding carboxylic acids is 2. The van der Waals surface area contributed by atoms with E-state index < -0.39 is 11.8 Å². The number of ether oxygens (including phenoxy) is 2. The van der Waals surface area contributed by atoms with Crippen molar-refractivity contribution in [2.24, 2.45) is 5.92 Å². The van der Waals surface area contributed by atoms with E-state index in [2.05, 4.69) is 15.0 Å². The molecule has 1 atom stereocenters. The van der Waals surface area contributed by atoms with Crippen LogP contribution in [0.3, 0.4) is 0 Å². The van der Waals surface area contributed by atoms with Gasteiger partial charge in [0, 0.05) is 18.1 Å². The van der Waals surface area contributed by atoms with Crippen LogP contribution in [0.1, 0.15) is 48.2 Å². The van der Waals surface area contributed by atoms with Crippen molar-refractivity contribution in [3.05, 3.63) is 66.0 Å². The van der Waals surface area contributed by atoms with Crippen molar-refractivity contribution in [3.8, 4) is 22.9 Å². The van der Waals surface area contributed by atoms with Crippen LogP contribution in [-0.2, 0) is 4.79 Å². The van der Waals surface area contributed by atoms with Gasteiger partial charge in [0.25, 0.3) is 0 Å². The van der Waals surface area contributed by atoms with Gasteiger partial charge >= 0.3 is 5.97 Å². The Bertz CT molecular complexity index is 1150. The van der Waals surface area contributed by atoms with Gasteiger partial charge in [0.05, 0.1) is 31.4 Å². The zero-order valence-corrected chi connectivity index (χ0v) is 17.7. The van der Waals surface area contributed by atoms with E-state index in [9.17, 15) is 14.0 Å². The number of ketones is 1. The van der Waals surface area contributed by atoms with E-state index >= 15 is 0 Å². The van der Waals surface area contributed by atoms with E-state index in [1.165, 1.54) is 25.6 Å². The first-order valence-electron chi connectivity index (χ1n) is 10.3. The summed E-state index contributed by atoms with van der Waals surface area (Å²) >= 11 is 0. The van der Waals surface area contributed by atoms with Crippen LogP contribution in [0.5, 0.6) is 11.6 Å². The number of pyridine rings is 1. The molecule has 1 aromatic carbocycles. The molecule has 2 heterocycles. The standard InChI is InChI=1S/C24H22FN3O4/c1-14(29)8-18(15-6-7-15)16-4-3-5-17(9-16)32-24(30)22-13-26-21(12-27-22)19-10-23(31-2)28-11-20(19)25/h3-5,9-13,15,18H,6-8H2,1-2H3/t18-/m0/s1. The molecule has 0 radical (unpaired) electrons. The second-order valence-corrected chi connectivity index (χ2v) is 7.81. The van der Waals surface area contributed by atoms with Crippen LogP contribution < -0.4 is 9.47 Å². The van der Waals surface area contributed by atoms with E-state index in [0.717, 1.165) is 24.6 Å². The van der Waals surface area contributed by atoms with Gasteiger partial charge in [-0.25, -0.2) is 19.2 Å². The summed E-state index contributed by atoms with van der Waals surface area (Å²) in [5.74, 6) is 0.126. The minimum atomic E-state index is -0.677. The van der Waals surface area contributed by atoms with E-state index in [-0.39, 0.29) is 34.5 Å². The molecule has 7 nitrogen and oxygen atoms in total. The lowest BCUT2D eigenvalue weighted by atomic mass is 9.89. The monoisotopic (exact) mass is 435 g/mol. The van der Waals surface area contributed by atoms with E-state index in [1.807, 2.05) is 12.1 Å². The highest BCUT2D eigenvalue weighted by atomic mass is 19.1. The number of rotatable bonds is 8. The Morgan fingerprint density at radius 1 is 1.12 bits per heavy atom. The molecule has 0 spiro atoms. The SMILES string of the molecule is COc1cc(-c2cnc(C(=O)Oc3cccc([C@@H](CC(C)=O)C4CC4)c3)cn2)c(F)cn1. The molecule has 0 amide bonds. The quantitative estimate of drug-likeness (QED) is 0.383. The first-order valence-corrected chi connectivity index (χ1v) is 10.3. The number of hydrogen-bond acceptors (Lipinski definition) is 7. The summed E-state index contributed by atoms with van der Waals surface area (Å²) in [6.07, 6.45) is 6.25. The molecule has 1 aliphatic rings. The molecule has 4 rings (SSSR count). The largest absolute Gasteiger partial charge is 0.481 e. The topological polar surface area (TPSA) is 91.3 Å². The van der Waals surface area contributed by atoms with Crippen LogP contribution in [0.2, 0.25) is 0 Å². The van der Waals surface area contributed by atoms with Crippen molar-refractivity contribution in [2.75, 3.05) is 7.11 Å². The van der Waals surface area contributed by atoms with Crippen LogP contribution in [0, 0.1) is 11.7 Å². The Morgan fingerprint density at radius 3 is 2.59 bits per heavy atom. The fourth-order valence-corrected chi connectivity index (χ4v) is 3.63. The molecule has 8 heteroatoms. The molecule has 0 bridgehead atoms. The Labute approximate surface area is 184 Å². The van der Waals surface area contributed by atoms with Crippen molar-refractivity contribution in [1.29, 1.82) is 0 Å². The molecule has 0 aliphatic heterocycles. The van der Waals surface area contributed by atoms with Crippen LogP contribution in [-0.4, -0.2) is 33.8 Å². The highest BCUT2D eigenvalue weighted by Crippen LogP contribution is 2.45. The maximum Gasteiger partial charge on any atom is 0.363 e. The number of aromatic nitrogens is 3. The summed E-state index contributed by atoms with van der Waals surface area (Å²) in [4.78, 5) is 36.2. The molecule has 32 heavy (non-hydrogen) atoms. The highest BCUT2D eigenvalue weighted by molar-refractivity contribution is 5.88. The molecule has 1 aliphatic carbocycles. The van der Waals surface area contributed by atoms with Gasteiger partial charge in [-0.15, -0.1) is 0 Å². The second kappa shape index (κ2) is 9.21. The van der Waals surface area contributed by atoms with Crippen LogP contribution in [0.15, 0.2) is 48.9 Å². The molecule has 1 saturated carbocycles. The van der Waals surface area contributed by atoms with E-state index in [0.29, 0.717) is 18.1 Å². The number of esters is 1. The fraction of sp³-hybridized carbons (Fsp3) is 0.292. The molecule has 0 N–H and O–H groups in total. The lowest BCUT2D eigenvalue weighted by molar-refractivity contribution is -0.117. The number of methoxy groups -OCH3 is 1. The predicted molar refractivity (Wildman–Crippen MR) is 114 cm³/mol. The maximum atomic E-state index is 14.1. The van der Waals surface area contributed by atoms with Gasteiger partial charge in [0.2, 0.25) is 5.88 Å². The highest BCUT2D eigenvalue weighted by Gasteiger charge is 2.33. The third kappa shape index (κ3) is 4.96. The molecular formula is C24H22FN3O4. The summed E-state index contributed by atoms with van der Waals surface area (Å²) < 4.78 is 24.6. The van der Waals surface area contributed by atoms with Crippen molar-refractivity contribution >= 4 is 11.8 Å². The second-order valence-electron chi connectivity index (χ2n) is 7.81. The van der Waals surface area contributed by atoms with Gasteiger partial charge in [-0.05, 0) is 49.3 Å². The summed E-state index contributed by atoms with van der Waals surface area (Å²) in [6, 6.07) is 8.64. The summed E-state index contributed by atoms with van der Waals surface area (Å²) in [5.41, 5.74) is 1.37. The van der Waals surface area contributed by atoms with Crippen molar-refractivity contribution in [2.45, 2.75) is 32.1 Å². The summed E-state index contributed by atoms with van der Waals surface area (Å²) in [7, 11) is 1.43. The number of carbonyl (C=O) groups is 2. The van der Waals surface area contributed by atoms with Gasteiger partial charge in [0.15, 0.2) is 11.5 Å². The van der Waals surface area contributed by atoms with Gasteiger partial charge < -0.3 is 14.3 Å². The first kappa shape index (κ1) is 21.5. The minimum absolute atomic E-state index is 0.0111. The number of halogens is 1. The maximum absolute atomic E-state index is 14.1. The number of Topliss-reactive ketones (excluding diaryl/α,β-unsaturated/α-hetero) is 1. The average Bonchev–Trinajstić information content (AvgIpc) is 3.63. The summed E-state index contributed by atoms with van der Waals surface area (Å²) in [5, 5.41) is 0. The van der Waals surface area contributed by atoms with Gasteiger partial charge in [0.1, 0.15) is 11.5 Å². The zero-order valence-electron chi connectivity index (χ0n) is 17.7. The van der Waals surface area contributed by atoms with Gasteiger partial charge in [-0.1, -0.05) is 12.1 Å². The number of benzene rings is 1. The van der Waals surface area contributed by atoms with Crippen molar-refractivity contribution in [1.82, 2.24) is 15.0 Å². The average molecular weight is 435 g/mol. The third-order valence-electron chi connectivity index (χ3n) is 5.37. The predicted octanol–water partition coefficient (Wildman–Crippen LogP) is 4.38. The van der Waals surface area contributed by atoms with Crippen LogP contribution in [0.4, 0.5) is 4.39 Å².